The number of unbranched alkanes of at least 4 members (excludes halogenated alkanes) is 15. The van der Waals surface area contributed by atoms with Crippen molar-refractivity contribution in [3.63, 3.8) is 0 Å². The van der Waals surface area contributed by atoms with Gasteiger partial charge in [-0.15, -0.1) is 12.4 Å². The summed E-state index contributed by atoms with van der Waals surface area (Å²) in [4.78, 5) is 26.0. The Kier molecular flexibility index (Phi) is 28.3. The lowest BCUT2D eigenvalue weighted by molar-refractivity contribution is -0.00474. The average Bonchev–Trinajstić information content (AvgIpc) is 2.95. The summed E-state index contributed by atoms with van der Waals surface area (Å²) in [6.07, 6.45) is 19.7. The number of nitrogens with zero attached hydrogens (tertiary/aromatic N) is 1. The van der Waals surface area contributed by atoms with Crippen molar-refractivity contribution in [3.8, 4) is 0 Å². The molecule has 1 rings (SSSR count). The second-order valence-electron chi connectivity index (χ2n) is 10.7. The highest BCUT2D eigenvalue weighted by molar-refractivity contribution is 5.85. The summed E-state index contributed by atoms with van der Waals surface area (Å²) in [7, 11) is 1.50. The van der Waals surface area contributed by atoms with Gasteiger partial charge in [0.2, 0.25) is 0 Å². The number of carbonyl (C=O) groups is 2. The van der Waals surface area contributed by atoms with Crippen molar-refractivity contribution in [2.45, 2.75) is 116 Å². The Morgan fingerprint density at radius 2 is 1.12 bits per heavy atom. The fraction of sp³-hybridized carbons (Fsp3) is 0.933. The summed E-state index contributed by atoms with van der Waals surface area (Å²) >= 11 is 0. The van der Waals surface area contributed by atoms with Crippen molar-refractivity contribution in [3.05, 3.63) is 0 Å². The maximum atomic E-state index is 11.9. The number of hydrogen-bond donors (Lipinski definition) is 2. The van der Waals surface area contributed by atoms with Gasteiger partial charge in [0.05, 0.1) is 13.2 Å². The molecule has 1 unspecified atom stereocenters. The van der Waals surface area contributed by atoms with Crippen LogP contribution in [-0.2, 0) is 18.9 Å². The van der Waals surface area contributed by atoms with E-state index < -0.39 is 18.3 Å². The lowest BCUT2D eigenvalue weighted by atomic mass is 10.0. The van der Waals surface area contributed by atoms with Crippen molar-refractivity contribution in [1.82, 2.24) is 15.5 Å². The molecular weight excluding hydrogens is 534 g/mol. The van der Waals surface area contributed by atoms with Gasteiger partial charge >= 0.3 is 12.2 Å². The smallest absolute Gasteiger partial charge is 0.407 e. The van der Waals surface area contributed by atoms with Gasteiger partial charge in [-0.2, -0.15) is 0 Å². The number of methoxy groups -OCH3 is 1. The number of alkyl carbamates (subject to hydrolysis) is 2. The minimum atomic E-state index is -0.503. The standard InChI is InChI=1S/C30H59N3O6.ClH/c1-3-4-5-6-7-8-9-10-11-12-13-14-15-16-17-18-19-31-29(34)38-26-28(36-2)27-39-30(35)32-20-21-33-22-24-37-25-23-33;/h28H,3-27H2,1-2H3,(H,31,34)(H,32,35);1H. The predicted molar refractivity (Wildman–Crippen MR) is 164 cm³/mol. The predicted octanol–water partition coefficient (Wildman–Crippen LogP) is 6.47. The van der Waals surface area contributed by atoms with E-state index in [1.54, 1.807) is 0 Å². The molecule has 9 nitrogen and oxygen atoms in total. The maximum Gasteiger partial charge on any atom is 0.407 e. The number of amides is 2. The van der Waals surface area contributed by atoms with Gasteiger partial charge in [-0.05, 0) is 6.42 Å². The SMILES string of the molecule is CCCCCCCCCCCCCCCCCCNC(=O)OCC(COC(=O)NCCN1CCOCC1)OC.Cl. The third-order valence-electron chi connectivity index (χ3n) is 7.23. The highest BCUT2D eigenvalue weighted by atomic mass is 35.5. The summed E-state index contributed by atoms with van der Waals surface area (Å²) in [5, 5.41) is 5.51. The molecule has 0 bridgehead atoms. The van der Waals surface area contributed by atoms with Crippen LogP contribution in [-0.4, -0.2) is 89.5 Å². The molecule has 0 spiro atoms. The summed E-state index contributed by atoms with van der Waals surface area (Å²) in [6.45, 7) is 7.41. The third kappa shape index (κ3) is 24.5. The zero-order valence-electron chi connectivity index (χ0n) is 25.6. The van der Waals surface area contributed by atoms with E-state index in [1.807, 2.05) is 0 Å². The number of ether oxygens (including phenoxy) is 4. The van der Waals surface area contributed by atoms with Crippen molar-refractivity contribution >= 4 is 24.6 Å². The number of rotatable bonds is 25. The van der Waals surface area contributed by atoms with Crippen LogP contribution in [0.15, 0.2) is 0 Å². The molecule has 1 atom stereocenters. The Morgan fingerprint density at radius 3 is 1.57 bits per heavy atom. The normalized spacial score (nSPS) is 14.2. The molecule has 1 aliphatic heterocycles. The first-order chi connectivity index (χ1) is 19.2. The quantitative estimate of drug-likeness (QED) is 0.117. The molecule has 1 fully saturated rings. The largest absolute Gasteiger partial charge is 0.447 e. The summed E-state index contributed by atoms with van der Waals surface area (Å²) in [5.41, 5.74) is 0. The monoisotopic (exact) mass is 593 g/mol. The Balaban J connectivity index is 0.0000152. The molecule has 0 saturated carbocycles. The van der Waals surface area contributed by atoms with E-state index in [-0.39, 0.29) is 25.6 Å². The molecule has 0 aromatic carbocycles. The lowest BCUT2D eigenvalue weighted by Gasteiger charge is -2.26. The average molecular weight is 594 g/mol. The first-order valence-electron chi connectivity index (χ1n) is 15.8. The molecule has 0 aromatic heterocycles. The van der Waals surface area contributed by atoms with Crippen molar-refractivity contribution in [2.75, 3.05) is 66.3 Å². The third-order valence-corrected chi connectivity index (χ3v) is 7.23. The number of nitrogens with one attached hydrogen (secondary N) is 2. The zero-order valence-corrected chi connectivity index (χ0v) is 26.4. The molecule has 0 aliphatic carbocycles. The van der Waals surface area contributed by atoms with Crippen LogP contribution < -0.4 is 10.6 Å². The highest BCUT2D eigenvalue weighted by Gasteiger charge is 2.15. The van der Waals surface area contributed by atoms with Crippen LogP contribution in [0, 0.1) is 0 Å². The van der Waals surface area contributed by atoms with Gasteiger partial charge in [-0.25, -0.2) is 9.59 Å². The molecule has 0 aromatic rings. The van der Waals surface area contributed by atoms with Gasteiger partial charge in [0, 0.05) is 39.8 Å². The van der Waals surface area contributed by atoms with Gasteiger partial charge in [0.15, 0.2) is 0 Å². The van der Waals surface area contributed by atoms with E-state index in [0.29, 0.717) is 13.1 Å². The zero-order chi connectivity index (χ0) is 28.2. The van der Waals surface area contributed by atoms with E-state index in [4.69, 9.17) is 18.9 Å². The van der Waals surface area contributed by atoms with Crippen LogP contribution in [0.1, 0.15) is 110 Å². The summed E-state index contributed by atoms with van der Waals surface area (Å²) in [6, 6.07) is 0. The molecule has 238 valence electrons. The van der Waals surface area contributed by atoms with Gasteiger partial charge in [-0.3, -0.25) is 4.90 Å². The van der Waals surface area contributed by atoms with Crippen LogP contribution in [0.2, 0.25) is 0 Å². The number of morpholine rings is 1. The van der Waals surface area contributed by atoms with Gasteiger partial charge < -0.3 is 29.6 Å². The first kappa shape index (κ1) is 38.7. The van der Waals surface area contributed by atoms with Gasteiger partial charge in [0.1, 0.15) is 19.3 Å². The minimum absolute atomic E-state index is 0. The van der Waals surface area contributed by atoms with E-state index in [1.165, 1.54) is 97.0 Å². The summed E-state index contributed by atoms with van der Waals surface area (Å²) < 4.78 is 21.0. The Hall–Kier alpha value is -1.29. The number of carbonyl (C=O) groups excluding carboxylic acids is 2. The van der Waals surface area contributed by atoms with Crippen LogP contribution in [0.5, 0.6) is 0 Å². The highest BCUT2D eigenvalue weighted by Crippen LogP contribution is 2.13. The molecule has 0 radical (unpaired) electrons. The van der Waals surface area contributed by atoms with Crippen LogP contribution in [0.25, 0.3) is 0 Å². The van der Waals surface area contributed by atoms with Crippen LogP contribution in [0.4, 0.5) is 9.59 Å². The minimum Gasteiger partial charge on any atom is -0.447 e. The van der Waals surface area contributed by atoms with E-state index in [0.717, 1.165) is 45.7 Å². The van der Waals surface area contributed by atoms with E-state index >= 15 is 0 Å². The van der Waals surface area contributed by atoms with Gasteiger partial charge in [0.25, 0.3) is 0 Å². The Bertz CT molecular complexity index is 582. The van der Waals surface area contributed by atoms with Crippen LogP contribution >= 0.6 is 12.4 Å². The molecule has 2 amide bonds. The Morgan fingerprint density at radius 1 is 0.700 bits per heavy atom. The van der Waals surface area contributed by atoms with Crippen molar-refractivity contribution < 1.29 is 28.5 Å². The number of halogens is 1. The van der Waals surface area contributed by atoms with Crippen LogP contribution in [0.3, 0.4) is 0 Å². The molecule has 2 N–H and O–H groups in total. The molecule has 10 heteroatoms. The second kappa shape index (κ2) is 29.2. The fourth-order valence-corrected chi connectivity index (χ4v) is 4.63. The van der Waals surface area contributed by atoms with Crippen molar-refractivity contribution in [2.24, 2.45) is 0 Å². The molecular formula is C30H60ClN3O6. The first-order valence-corrected chi connectivity index (χ1v) is 15.8. The maximum absolute atomic E-state index is 11.9. The number of hydrogen-bond acceptors (Lipinski definition) is 7. The molecule has 1 aliphatic rings. The fourth-order valence-electron chi connectivity index (χ4n) is 4.63. The van der Waals surface area contributed by atoms with Crippen molar-refractivity contribution in [1.29, 1.82) is 0 Å². The molecule has 1 saturated heterocycles. The van der Waals surface area contributed by atoms with Gasteiger partial charge in [-0.1, -0.05) is 103 Å². The lowest BCUT2D eigenvalue weighted by Crippen LogP contribution is -2.41. The van der Waals surface area contributed by atoms with E-state index in [9.17, 15) is 9.59 Å². The topological polar surface area (TPSA) is 98.4 Å². The summed E-state index contributed by atoms with van der Waals surface area (Å²) in [5.74, 6) is 0. The second-order valence-corrected chi connectivity index (χ2v) is 10.7. The Labute approximate surface area is 250 Å². The molecule has 40 heavy (non-hydrogen) atoms. The molecule has 1 heterocycles. The van der Waals surface area contributed by atoms with E-state index in [2.05, 4.69) is 22.5 Å².